The molecule has 0 saturated carbocycles. The lowest BCUT2D eigenvalue weighted by Crippen LogP contribution is -2.09. The fourth-order valence-corrected chi connectivity index (χ4v) is 1.26. The second kappa shape index (κ2) is 7.43. The fraction of sp³-hybridized carbons (Fsp3) is 0.545. The summed E-state index contributed by atoms with van der Waals surface area (Å²) in [5.74, 6) is 1.15. The Bertz CT molecular complexity index is 357. The number of aromatic nitrogens is 2. The topological polar surface area (TPSA) is 76.1 Å². The molecule has 0 saturated heterocycles. The lowest BCUT2D eigenvalue weighted by Gasteiger charge is -2.06. The molecule has 1 heterocycles. The maximum atomic E-state index is 11.1. The Morgan fingerprint density at radius 3 is 3.06 bits per heavy atom. The van der Waals surface area contributed by atoms with E-state index in [-0.39, 0.29) is 5.97 Å². The summed E-state index contributed by atoms with van der Waals surface area (Å²) in [6.45, 7) is 2.92. The van der Waals surface area contributed by atoms with Gasteiger partial charge in [0, 0.05) is 26.2 Å². The zero-order valence-corrected chi connectivity index (χ0v) is 10.2. The van der Waals surface area contributed by atoms with Crippen molar-refractivity contribution in [2.45, 2.75) is 19.8 Å². The zero-order valence-electron chi connectivity index (χ0n) is 10.2. The molecule has 1 rings (SSSR count). The van der Waals surface area contributed by atoms with Gasteiger partial charge in [0.05, 0.1) is 6.61 Å². The number of ether oxygens (including phenoxy) is 1. The van der Waals surface area contributed by atoms with E-state index in [0.717, 1.165) is 12.2 Å². The highest BCUT2D eigenvalue weighted by Crippen LogP contribution is 2.05. The number of rotatable bonds is 7. The molecule has 1 aromatic rings. The Morgan fingerprint density at radius 1 is 1.53 bits per heavy atom. The Kier molecular flexibility index (Phi) is 5.77. The van der Waals surface area contributed by atoms with Crippen LogP contribution in [0.4, 0.5) is 11.8 Å². The maximum Gasteiger partial charge on any atom is 0.305 e. The molecular formula is C11H18N4O2. The van der Waals surface area contributed by atoms with Gasteiger partial charge in [-0.3, -0.25) is 4.79 Å². The first kappa shape index (κ1) is 13.2. The SMILES string of the molecule is CCOC(=O)CCCNc1ccnc(NC)n1. The number of carbonyl (C=O) groups excluding carboxylic acids is 1. The van der Waals surface area contributed by atoms with Gasteiger partial charge in [-0.2, -0.15) is 4.98 Å². The molecule has 1 aromatic heterocycles. The van der Waals surface area contributed by atoms with Crippen LogP contribution < -0.4 is 10.6 Å². The zero-order chi connectivity index (χ0) is 12.5. The van der Waals surface area contributed by atoms with Crippen molar-refractivity contribution in [2.75, 3.05) is 30.8 Å². The fourth-order valence-electron chi connectivity index (χ4n) is 1.26. The predicted molar refractivity (Wildman–Crippen MR) is 65.9 cm³/mol. The van der Waals surface area contributed by atoms with E-state index in [2.05, 4.69) is 20.6 Å². The molecule has 6 heteroatoms. The van der Waals surface area contributed by atoms with E-state index in [1.807, 2.05) is 0 Å². The van der Waals surface area contributed by atoms with Crippen LogP contribution in [0.15, 0.2) is 12.3 Å². The second-order valence-corrected chi connectivity index (χ2v) is 3.35. The minimum atomic E-state index is -0.159. The predicted octanol–water partition coefficient (Wildman–Crippen LogP) is 1.27. The number of nitrogens with one attached hydrogen (secondary N) is 2. The molecule has 0 atom stereocenters. The van der Waals surface area contributed by atoms with Gasteiger partial charge >= 0.3 is 5.97 Å². The van der Waals surface area contributed by atoms with Gasteiger partial charge in [0.25, 0.3) is 0 Å². The summed E-state index contributed by atoms with van der Waals surface area (Å²) in [5.41, 5.74) is 0. The summed E-state index contributed by atoms with van der Waals surface area (Å²) in [6.07, 6.45) is 2.81. The third-order valence-corrected chi connectivity index (χ3v) is 2.05. The molecule has 94 valence electrons. The molecule has 0 unspecified atom stereocenters. The summed E-state index contributed by atoms with van der Waals surface area (Å²) in [5, 5.41) is 5.97. The van der Waals surface area contributed by atoms with Gasteiger partial charge < -0.3 is 15.4 Å². The van der Waals surface area contributed by atoms with Gasteiger partial charge in [0.2, 0.25) is 5.95 Å². The van der Waals surface area contributed by atoms with Crippen LogP contribution in [-0.2, 0) is 9.53 Å². The van der Waals surface area contributed by atoms with Gasteiger partial charge in [-0.15, -0.1) is 0 Å². The average molecular weight is 238 g/mol. The molecule has 0 radical (unpaired) electrons. The Balaban J connectivity index is 2.24. The first-order valence-corrected chi connectivity index (χ1v) is 5.66. The third kappa shape index (κ3) is 5.14. The maximum absolute atomic E-state index is 11.1. The lowest BCUT2D eigenvalue weighted by atomic mass is 10.3. The van der Waals surface area contributed by atoms with Crippen LogP contribution in [0.3, 0.4) is 0 Å². The third-order valence-electron chi connectivity index (χ3n) is 2.05. The minimum absolute atomic E-state index is 0.159. The van der Waals surface area contributed by atoms with E-state index < -0.39 is 0 Å². The Labute approximate surface area is 101 Å². The first-order chi connectivity index (χ1) is 8.26. The Hall–Kier alpha value is -1.85. The minimum Gasteiger partial charge on any atom is -0.466 e. The smallest absolute Gasteiger partial charge is 0.305 e. The van der Waals surface area contributed by atoms with Gasteiger partial charge in [0.1, 0.15) is 5.82 Å². The van der Waals surface area contributed by atoms with Crippen LogP contribution in [0.1, 0.15) is 19.8 Å². The molecule has 0 aliphatic carbocycles. The highest BCUT2D eigenvalue weighted by molar-refractivity contribution is 5.69. The van der Waals surface area contributed by atoms with Crippen molar-refractivity contribution in [3.63, 3.8) is 0 Å². The van der Waals surface area contributed by atoms with Crippen molar-refractivity contribution in [1.82, 2.24) is 9.97 Å². The molecule has 17 heavy (non-hydrogen) atoms. The standard InChI is InChI=1S/C11H18N4O2/c1-3-17-10(16)5-4-7-13-9-6-8-14-11(12-2)15-9/h6,8H,3-5,7H2,1-2H3,(H2,12,13,14,15). The number of esters is 1. The molecule has 0 aromatic carbocycles. The molecular weight excluding hydrogens is 220 g/mol. The van der Waals surface area contributed by atoms with Crippen LogP contribution in [0.25, 0.3) is 0 Å². The van der Waals surface area contributed by atoms with Gasteiger partial charge in [-0.25, -0.2) is 4.98 Å². The van der Waals surface area contributed by atoms with Crippen LogP contribution in [0, 0.1) is 0 Å². The molecule has 0 amide bonds. The van der Waals surface area contributed by atoms with Crippen molar-refractivity contribution in [3.05, 3.63) is 12.3 Å². The molecule has 0 fully saturated rings. The molecule has 0 aliphatic rings. The van der Waals surface area contributed by atoms with E-state index in [9.17, 15) is 4.79 Å². The number of anilines is 2. The van der Waals surface area contributed by atoms with Gasteiger partial charge in [0.15, 0.2) is 0 Å². The van der Waals surface area contributed by atoms with Crippen LogP contribution in [-0.4, -0.2) is 36.1 Å². The molecule has 0 aliphatic heterocycles. The monoisotopic (exact) mass is 238 g/mol. The van der Waals surface area contributed by atoms with Crippen LogP contribution >= 0.6 is 0 Å². The van der Waals surface area contributed by atoms with Crippen LogP contribution in [0.5, 0.6) is 0 Å². The number of hydrogen-bond acceptors (Lipinski definition) is 6. The summed E-state index contributed by atoms with van der Waals surface area (Å²) < 4.78 is 4.83. The van der Waals surface area contributed by atoms with Gasteiger partial charge in [-0.05, 0) is 19.4 Å². The van der Waals surface area contributed by atoms with Crippen molar-refractivity contribution >= 4 is 17.7 Å². The van der Waals surface area contributed by atoms with Crippen LogP contribution in [0.2, 0.25) is 0 Å². The second-order valence-electron chi connectivity index (χ2n) is 3.35. The number of hydrogen-bond donors (Lipinski definition) is 2. The van der Waals surface area contributed by atoms with E-state index in [1.54, 1.807) is 26.2 Å². The normalized spacial score (nSPS) is 9.76. The van der Waals surface area contributed by atoms with E-state index in [1.165, 1.54) is 0 Å². The molecule has 0 bridgehead atoms. The van der Waals surface area contributed by atoms with Gasteiger partial charge in [-0.1, -0.05) is 0 Å². The summed E-state index contributed by atoms with van der Waals surface area (Å²) in [4.78, 5) is 19.3. The largest absolute Gasteiger partial charge is 0.466 e. The van der Waals surface area contributed by atoms with E-state index >= 15 is 0 Å². The van der Waals surface area contributed by atoms with Crippen molar-refractivity contribution in [3.8, 4) is 0 Å². The number of carbonyl (C=O) groups is 1. The lowest BCUT2D eigenvalue weighted by molar-refractivity contribution is -0.143. The Morgan fingerprint density at radius 2 is 2.35 bits per heavy atom. The van der Waals surface area contributed by atoms with Crippen molar-refractivity contribution < 1.29 is 9.53 Å². The van der Waals surface area contributed by atoms with Crippen molar-refractivity contribution in [1.29, 1.82) is 0 Å². The quantitative estimate of drug-likeness (QED) is 0.550. The van der Waals surface area contributed by atoms with E-state index in [0.29, 0.717) is 25.5 Å². The molecule has 6 nitrogen and oxygen atoms in total. The highest BCUT2D eigenvalue weighted by atomic mass is 16.5. The average Bonchev–Trinajstić information content (AvgIpc) is 2.35. The molecule has 0 spiro atoms. The summed E-state index contributed by atoms with van der Waals surface area (Å²) in [7, 11) is 1.76. The van der Waals surface area contributed by atoms with E-state index in [4.69, 9.17) is 4.74 Å². The highest BCUT2D eigenvalue weighted by Gasteiger charge is 2.01. The number of nitrogens with zero attached hydrogens (tertiary/aromatic N) is 2. The summed E-state index contributed by atoms with van der Waals surface area (Å²) >= 11 is 0. The first-order valence-electron chi connectivity index (χ1n) is 5.66. The summed E-state index contributed by atoms with van der Waals surface area (Å²) in [6, 6.07) is 1.78. The molecule has 2 N–H and O–H groups in total. The van der Waals surface area contributed by atoms with Crippen molar-refractivity contribution in [2.24, 2.45) is 0 Å².